The summed E-state index contributed by atoms with van der Waals surface area (Å²) in [6.45, 7) is 2.13. The Hall–Kier alpha value is -3.81. The maximum Gasteiger partial charge on any atom is 0.123 e. The van der Waals surface area contributed by atoms with Crippen LogP contribution in [-0.2, 0) is 0 Å². The van der Waals surface area contributed by atoms with Crippen LogP contribution in [0.5, 0.6) is 0 Å². The Morgan fingerprint density at radius 3 is 1.97 bits per heavy atom. The maximum absolute atomic E-state index is 4.90. The summed E-state index contributed by atoms with van der Waals surface area (Å²) in [5.74, 6) is 2.04. The molecule has 0 unspecified atom stereocenters. The molecule has 4 N–H and O–H groups in total. The molecule has 5 aromatic rings. The van der Waals surface area contributed by atoms with Crippen molar-refractivity contribution in [2.24, 2.45) is 0 Å². The van der Waals surface area contributed by atoms with Crippen molar-refractivity contribution < 1.29 is 0 Å². The average molecular weight is 476 g/mol. The van der Waals surface area contributed by atoms with Crippen LogP contribution in [-0.4, -0.2) is 38.0 Å². The van der Waals surface area contributed by atoms with Crippen LogP contribution in [0, 0.1) is 0 Å². The Morgan fingerprint density at radius 1 is 0.639 bits per heavy atom. The second-order valence-corrected chi connectivity index (χ2v) is 9.84. The number of rotatable bonds is 5. The van der Waals surface area contributed by atoms with Gasteiger partial charge in [0.2, 0.25) is 0 Å². The van der Waals surface area contributed by atoms with E-state index in [1.54, 1.807) is 0 Å². The number of imidazole rings is 2. The molecule has 2 atom stereocenters. The summed E-state index contributed by atoms with van der Waals surface area (Å²) in [7, 11) is 0. The zero-order valence-electron chi connectivity index (χ0n) is 20.1. The average Bonchev–Trinajstić information content (AvgIpc) is 3.75. The lowest BCUT2D eigenvalue weighted by Gasteiger charge is -2.07. The van der Waals surface area contributed by atoms with E-state index in [9.17, 15) is 0 Å². The Balaban J connectivity index is 1.11. The molecule has 0 spiro atoms. The van der Waals surface area contributed by atoms with Crippen LogP contribution in [0.4, 0.5) is 0 Å². The van der Waals surface area contributed by atoms with Crippen molar-refractivity contribution in [2.45, 2.75) is 37.8 Å². The summed E-state index contributed by atoms with van der Waals surface area (Å²) < 4.78 is 0. The van der Waals surface area contributed by atoms with Crippen LogP contribution < -0.4 is 10.6 Å². The summed E-state index contributed by atoms with van der Waals surface area (Å²) in [6, 6.07) is 20.0. The maximum atomic E-state index is 4.90. The number of hydrogen-bond acceptors (Lipinski definition) is 5. The first-order chi connectivity index (χ1) is 17.8. The van der Waals surface area contributed by atoms with Gasteiger partial charge in [-0.15, -0.1) is 0 Å². The Kier molecular flexibility index (Phi) is 5.37. The third-order valence-electron chi connectivity index (χ3n) is 7.47. The van der Waals surface area contributed by atoms with E-state index in [0.29, 0.717) is 12.1 Å². The molecule has 2 aliphatic rings. The minimum Gasteiger partial charge on any atom is -0.341 e. The van der Waals surface area contributed by atoms with Crippen molar-refractivity contribution >= 4 is 10.9 Å². The second kappa shape index (κ2) is 9.00. The first-order valence-electron chi connectivity index (χ1n) is 12.9. The number of aromatic amines is 2. The standard InChI is InChI=1S/C29H29N7/c1-3-24(30-13-1)28-32-16-26(35-28)19-7-5-18(6-8-19)20-9-11-22-21(15-20)10-12-23(34-22)27-17-33-29(36-27)25-4-2-14-31-25/h5-12,15-17,24-25,30-31H,1-4,13-14H2,(H,32,35)(H,33,36)/t24-,25-/m0/s1. The van der Waals surface area contributed by atoms with Crippen LogP contribution in [0.3, 0.4) is 0 Å². The SMILES string of the molecule is c1cc(-c2cnc([C@@H]3CCCN3)[nH]2)ccc1-c1ccc2nc(-c3cnc([C@@H]4CCCN4)[nH]3)ccc2c1. The molecule has 0 amide bonds. The van der Waals surface area contributed by atoms with E-state index in [4.69, 9.17) is 4.98 Å². The molecule has 3 aromatic heterocycles. The highest BCUT2D eigenvalue weighted by Gasteiger charge is 2.20. The zero-order chi connectivity index (χ0) is 23.9. The van der Waals surface area contributed by atoms with Gasteiger partial charge in [0.25, 0.3) is 0 Å². The Bertz CT molecular complexity index is 1500. The summed E-state index contributed by atoms with van der Waals surface area (Å²) in [5, 5.41) is 8.12. The third-order valence-corrected chi connectivity index (χ3v) is 7.47. The van der Waals surface area contributed by atoms with Crippen molar-refractivity contribution in [3.63, 3.8) is 0 Å². The fourth-order valence-corrected chi connectivity index (χ4v) is 5.44. The fourth-order valence-electron chi connectivity index (χ4n) is 5.44. The van der Waals surface area contributed by atoms with Crippen LogP contribution in [0.2, 0.25) is 0 Å². The molecule has 5 heterocycles. The van der Waals surface area contributed by atoms with Crippen molar-refractivity contribution in [1.29, 1.82) is 0 Å². The van der Waals surface area contributed by atoms with Gasteiger partial charge in [0.1, 0.15) is 11.6 Å². The highest BCUT2D eigenvalue weighted by Crippen LogP contribution is 2.29. The van der Waals surface area contributed by atoms with E-state index in [1.807, 2.05) is 12.4 Å². The number of hydrogen-bond donors (Lipinski definition) is 4. The predicted octanol–water partition coefficient (Wildman–Crippen LogP) is 5.53. The minimum absolute atomic E-state index is 0.327. The first-order valence-corrected chi connectivity index (χ1v) is 12.9. The van der Waals surface area contributed by atoms with Crippen LogP contribution in [0.15, 0.2) is 67.0 Å². The molecule has 7 rings (SSSR count). The highest BCUT2D eigenvalue weighted by atomic mass is 15.0. The summed E-state index contributed by atoms with van der Waals surface area (Å²) in [4.78, 5) is 21.1. The zero-order valence-corrected chi connectivity index (χ0v) is 20.1. The molecule has 180 valence electrons. The normalized spacial score (nSPS) is 19.9. The molecule has 0 bridgehead atoms. The molecule has 7 heteroatoms. The lowest BCUT2D eigenvalue weighted by molar-refractivity contribution is 0.613. The van der Waals surface area contributed by atoms with Crippen molar-refractivity contribution in [3.05, 3.63) is 78.6 Å². The van der Waals surface area contributed by atoms with E-state index in [2.05, 4.69) is 85.2 Å². The smallest absolute Gasteiger partial charge is 0.123 e. The fraction of sp³-hybridized carbons (Fsp3) is 0.276. The van der Waals surface area contributed by atoms with Crippen molar-refractivity contribution in [1.82, 2.24) is 35.6 Å². The molecule has 2 saturated heterocycles. The van der Waals surface area contributed by atoms with E-state index in [0.717, 1.165) is 71.1 Å². The molecule has 2 aromatic carbocycles. The van der Waals surface area contributed by atoms with Gasteiger partial charge in [0.05, 0.1) is 47.1 Å². The summed E-state index contributed by atoms with van der Waals surface area (Å²) in [5.41, 5.74) is 7.44. The van der Waals surface area contributed by atoms with E-state index >= 15 is 0 Å². The van der Waals surface area contributed by atoms with Crippen molar-refractivity contribution in [3.8, 4) is 33.8 Å². The molecule has 2 aliphatic heterocycles. The molecular formula is C29H29N7. The van der Waals surface area contributed by atoms with Gasteiger partial charge in [-0.2, -0.15) is 0 Å². The number of pyridine rings is 1. The lowest BCUT2D eigenvalue weighted by atomic mass is 10.0. The van der Waals surface area contributed by atoms with Crippen LogP contribution >= 0.6 is 0 Å². The minimum atomic E-state index is 0.327. The van der Waals surface area contributed by atoms with E-state index in [1.165, 1.54) is 24.0 Å². The first kappa shape index (κ1) is 21.5. The van der Waals surface area contributed by atoms with E-state index in [-0.39, 0.29) is 0 Å². The quantitative estimate of drug-likeness (QED) is 0.268. The molecule has 36 heavy (non-hydrogen) atoms. The molecule has 0 aliphatic carbocycles. The highest BCUT2D eigenvalue weighted by molar-refractivity contribution is 5.86. The van der Waals surface area contributed by atoms with Crippen LogP contribution in [0.1, 0.15) is 49.4 Å². The van der Waals surface area contributed by atoms with Gasteiger partial charge in [-0.3, -0.25) is 0 Å². The summed E-state index contributed by atoms with van der Waals surface area (Å²) in [6.07, 6.45) is 8.51. The van der Waals surface area contributed by atoms with Crippen LogP contribution in [0.25, 0.3) is 44.7 Å². The number of fused-ring (bicyclic) bond motifs is 1. The van der Waals surface area contributed by atoms with Gasteiger partial charge < -0.3 is 20.6 Å². The predicted molar refractivity (Wildman–Crippen MR) is 142 cm³/mol. The number of benzene rings is 2. The molecule has 0 saturated carbocycles. The lowest BCUT2D eigenvalue weighted by Crippen LogP contribution is -2.14. The second-order valence-electron chi connectivity index (χ2n) is 9.84. The van der Waals surface area contributed by atoms with Gasteiger partial charge in [0.15, 0.2) is 0 Å². The monoisotopic (exact) mass is 475 g/mol. The largest absolute Gasteiger partial charge is 0.341 e. The van der Waals surface area contributed by atoms with Gasteiger partial charge in [-0.25, -0.2) is 15.0 Å². The molecule has 7 nitrogen and oxygen atoms in total. The molecule has 0 radical (unpaired) electrons. The van der Waals surface area contributed by atoms with Gasteiger partial charge >= 0.3 is 0 Å². The number of nitrogens with zero attached hydrogens (tertiary/aromatic N) is 3. The van der Waals surface area contributed by atoms with Crippen molar-refractivity contribution in [2.75, 3.05) is 13.1 Å². The van der Waals surface area contributed by atoms with Gasteiger partial charge in [0, 0.05) is 5.39 Å². The van der Waals surface area contributed by atoms with E-state index < -0.39 is 0 Å². The summed E-state index contributed by atoms with van der Waals surface area (Å²) >= 11 is 0. The Labute approximate surface area is 209 Å². The third kappa shape index (κ3) is 4.00. The molecular weight excluding hydrogens is 446 g/mol. The van der Waals surface area contributed by atoms with Gasteiger partial charge in [-0.05, 0) is 73.7 Å². The number of aromatic nitrogens is 5. The topological polar surface area (TPSA) is 94.3 Å². The Morgan fingerprint density at radius 2 is 1.28 bits per heavy atom. The number of nitrogens with one attached hydrogen (secondary N) is 4. The molecule has 2 fully saturated rings. The number of H-pyrrole nitrogens is 2. The van der Waals surface area contributed by atoms with Gasteiger partial charge in [-0.1, -0.05) is 36.4 Å².